The molecule has 16 heavy (non-hydrogen) atoms. The summed E-state index contributed by atoms with van der Waals surface area (Å²) in [5.74, 6) is 0. The Balaban J connectivity index is 2.83. The lowest BCUT2D eigenvalue weighted by atomic mass is 9.85. The zero-order chi connectivity index (χ0) is 12.2. The van der Waals surface area contributed by atoms with Crippen LogP contribution < -0.4 is 5.32 Å². The highest BCUT2D eigenvalue weighted by Crippen LogP contribution is 2.24. The summed E-state index contributed by atoms with van der Waals surface area (Å²) in [6, 6.07) is 6.84. The summed E-state index contributed by atoms with van der Waals surface area (Å²) in [7, 11) is 0. The third kappa shape index (κ3) is 3.91. The molecule has 0 spiro atoms. The van der Waals surface area contributed by atoms with Gasteiger partial charge in [-0.15, -0.1) is 0 Å². The third-order valence-corrected chi connectivity index (χ3v) is 3.28. The van der Waals surface area contributed by atoms with E-state index in [9.17, 15) is 0 Å². The number of aryl methyl sites for hydroxylation is 1. The minimum Gasteiger partial charge on any atom is -0.307 e. The zero-order valence-corrected chi connectivity index (χ0v) is 12.3. The molecule has 0 saturated carbocycles. The van der Waals surface area contributed by atoms with E-state index in [-0.39, 0.29) is 5.41 Å². The summed E-state index contributed by atoms with van der Waals surface area (Å²) in [5.41, 5.74) is 5.38. The highest BCUT2D eigenvalue weighted by Gasteiger charge is 2.14. The van der Waals surface area contributed by atoms with Crippen LogP contribution in [0.3, 0.4) is 0 Å². The van der Waals surface area contributed by atoms with Crippen molar-refractivity contribution in [1.29, 1.82) is 0 Å². The molecule has 0 aliphatic rings. The standard InChI is InChI=1S/C14H22BrN/c1-11-5-6-13(14(2,3)4)9-12(11)7-8-16-10-15/h5-6,9,16H,7-8,10H2,1-4H3. The molecule has 0 aliphatic heterocycles. The van der Waals surface area contributed by atoms with Gasteiger partial charge in [0.1, 0.15) is 0 Å². The summed E-state index contributed by atoms with van der Waals surface area (Å²) in [5, 5.41) is 3.30. The minimum atomic E-state index is 0.241. The molecule has 0 saturated heterocycles. The number of rotatable bonds is 4. The summed E-state index contributed by atoms with van der Waals surface area (Å²) in [6.07, 6.45) is 1.10. The molecular weight excluding hydrogens is 262 g/mol. The van der Waals surface area contributed by atoms with Crippen LogP contribution in [0.1, 0.15) is 37.5 Å². The molecule has 0 aliphatic carbocycles. The summed E-state index contributed by atoms with van der Waals surface area (Å²) in [6.45, 7) is 10.0. The molecule has 0 atom stereocenters. The molecule has 0 heterocycles. The molecule has 1 nitrogen and oxygen atoms in total. The minimum absolute atomic E-state index is 0.241. The average Bonchev–Trinajstić information content (AvgIpc) is 2.19. The molecule has 90 valence electrons. The molecule has 0 bridgehead atoms. The number of benzene rings is 1. The maximum atomic E-state index is 3.38. The topological polar surface area (TPSA) is 12.0 Å². The van der Waals surface area contributed by atoms with Crippen LogP contribution in [0.4, 0.5) is 0 Å². The lowest BCUT2D eigenvalue weighted by molar-refractivity contribution is 0.588. The smallest absolute Gasteiger partial charge is 0.0517 e. The second-order valence-electron chi connectivity index (χ2n) is 5.27. The van der Waals surface area contributed by atoms with Gasteiger partial charge in [-0.2, -0.15) is 0 Å². The van der Waals surface area contributed by atoms with Gasteiger partial charge in [0.2, 0.25) is 0 Å². The second kappa shape index (κ2) is 5.83. The van der Waals surface area contributed by atoms with Gasteiger partial charge in [-0.1, -0.05) is 54.9 Å². The van der Waals surface area contributed by atoms with E-state index >= 15 is 0 Å². The molecule has 0 fully saturated rings. The maximum absolute atomic E-state index is 3.38. The van der Waals surface area contributed by atoms with E-state index in [1.165, 1.54) is 16.7 Å². The van der Waals surface area contributed by atoms with Gasteiger partial charge in [-0.3, -0.25) is 0 Å². The molecule has 0 amide bonds. The number of alkyl halides is 1. The van der Waals surface area contributed by atoms with E-state index in [1.54, 1.807) is 0 Å². The first-order chi connectivity index (χ1) is 7.45. The van der Waals surface area contributed by atoms with Gasteiger partial charge >= 0.3 is 0 Å². The van der Waals surface area contributed by atoms with Crippen LogP contribution in [0.15, 0.2) is 18.2 Å². The highest BCUT2D eigenvalue weighted by atomic mass is 79.9. The van der Waals surface area contributed by atoms with Crippen molar-refractivity contribution < 1.29 is 0 Å². The molecule has 1 N–H and O–H groups in total. The SMILES string of the molecule is Cc1ccc(C(C)(C)C)cc1CCNCBr. The van der Waals surface area contributed by atoms with Crippen LogP contribution in [-0.4, -0.2) is 12.0 Å². The Labute approximate surface area is 108 Å². The van der Waals surface area contributed by atoms with E-state index in [1.807, 2.05) is 0 Å². The number of halogens is 1. The van der Waals surface area contributed by atoms with Crippen molar-refractivity contribution in [2.45, 2.75) is 39.5 Å². The number of hydrogen-bond donors (Lipinski definition) is 1. The fourth-order valence-electron chi connectivity index (χ4n) is 1.70. The normalized spacial score (nSPS) is 11.8. The van der Waals surface area contributed by atoms with Crippen LogP contribution in [0, 0.1) is 6.92 Å². The van der Waals surface area contributed by atoms with Gasteiger partial charge in [-0.05, 0) is 42.0 Å². The van der Waals surface area contributed by atoms with E-state index < -0.39 is 0 Å². The second-order valence-corrected chi connectivity index (χ2v) is 5.84. The van der Waals surface area contributed by atoms with E-state index in [4.69, 9.17) is 0 Å². The van der Waals surface area contributed by atoms with Crippen molar-refractivity contribution in [2.75, 3.05) is 12.0 Å². The molecule has 0 unspecified atom stereocenters. The predicted octanol–water partition coefficient (Wildman–Crippen LogP) is 3.78. The lowest BCUT2D eigenvalue weighted by Gasteiger charge is -2.21. The van der Waals surface area contributed by atoms with E-state index in [0.717, 1.165) is 18.4 Å². The molecule has 1 aromatic carbocycles. The van der Waals surface area contributed by atoms with Gasteiger partial charge in [0.05, 0.1) is 5.45 Å². The number of hydrogen-bond acceptors (Lipinski definition) is 1. The first kappa shape index (κ1) is 13.7. The van der Waals surface area contributed by atoms with Gasteiger partial charge in [0.25, 0.3) is 0 Å². The molecule has 0 aromatic heterocycles. The van der Waals surface area contributed by atoms with Gasteiger partial charge in [0, 0.05) is 0 Å². The number of nitrogens with one attached hydrogen (secondary N) is 1. The maximum Gasteiger partial charge on any atom is 0.0517 e. The van der Waals surface area contributed by atoms with Crippen molar-refractivity contribution in [3.63, 3.8) is 0 Å². The van der Waals surface area contributed by atoms with Crippen LogP contribution in [0.25, 0.3) is 0 Å². The third-order valence-electron chi connectivity index (χ3n) is 2.88. The summed E-state index contributed by atoms with van der Waals surface area (Å²) >= 11 is 3.38. The molecule has 1 rings (SSSR count). The fraction of sp³-hybridized carbons (Fsp3) is 0.571. The average molecular weight is 284 g/mol. The highest BCUT2D eigenvalue weighted by molar-refractivity contribution is 9.09. The molecule has 0 radical (unpaired) electrons. The molecule has 2 heteroatoms. The van der Waals surface area contributed by atoms with Crippen molar-refractivity contribution in [2.24, 2.45) is 0 Å². The first-order valence-corrected chi connectivity index (χ1v) is 6.94. The molecule has 1 aromatic rings. The molecular formula is C14H22BrN. The van der Waals surface area contributed by atoms with Crippen LogP contribution in [0.5, 0.6) is 0 Å². The van der Waals surface area contributed by atoms with E-state index in [0.29, 0.717) is 0 Å². The van der Waals surface area contributed by atoms with Gasteiger partial charge in [0.15, 0.2) is 0 Å². The van der Waals surface area contributed by atoms with Crippen LogP contribution in [-0.2, 0) is 11.8 Å². The van der Waals surface area contributed by atoms with Crippen LogP contribution >= 0.6 is 15.9 Å². The fourth-order valence-corrected chi connectivity index (χ4v) is 1.98. The Morgan fingerprint density at radius 1 is 1.25 bits per heavy atom. The van der Waals surface area contributed by atoms with E-state index in [2.05, 4.69) is 67.1 Å². The van der Waals surface area contributed by atoms with Gasteiger partial charge in [-0.25, -0.2) is 0 Å². The van der Waals surface area contributed by atoms with Crippen molar-refractivity contribution in [3.8, 4) is 0 Å². The Bertz CT molecular complexity index is 339. The van der Waals surface area contributed by atoms with Crippen LogP contribution in [0.2, 0.25) is 0 Å². The van der Waals surface area contributed by atoms with Crippen molar-refractivity contribution in [1.82, 2.24) is 5.32 Å². The Kier molecular flexibility index (Phi) is 5.00. The zero-order valence-electron chi connectivity index (χ0n) is 10.7. The Morgan fingerprint density at radius 2 is 1.94 bits per heavy atom. The Hall–Kier alpha value is -0.340. The summed E-state index contributed by atoms with van der Waals surface area (Å²) < 4.78 is 0. The largest absolute Gasteiger partial charge is 0.307 e. The van der Waals surface area contributed by atoms with Crippen molar-refractivity contribution >= 4 is 15.9 Å². The Morgan fingerprint density at radius 3 is 2.50 bits per heavy atom. The first-order valence-electron chi connectivity index (χ1n) is 5.82. The quantitative estimate of drug-likeness (QED) is 0.504. The lowest BCUT2D eigenvalue weighted by Crippen LogP contribution is -2.16. The predicted molar refractivity (Wildman–Crippen MR) is 75.4 cm³/mol. The van der Waals surface area contributed by atoms with Gasteiger partial charge < -0.3 is 5.32 Å². The van der Waals surface area contributed by atoms with Crippen molar-refractivity contribution in [3.05, 3.63) is 34.9 Å². The monoisotopic (exact) mass is 283 g/mol. The summed E-state index contributed by atoms with van der Waals surface area (Å²) in [4.78, 5) is 0.